The van der Waals surface area contributed by atoms with Crippen molar-refractivity contribution in [3.8, 4) is 0 Å². The van der Waals surface area contributed by atoms with E-state index >= 15 is 0 Å². The normalized spacial score (nSPS) is 13.0. The van der Waals surface area contributed by atoms with Crippen LogP contribution in [0.15, 0.2) is 21.5 Å². The zero-order valence-corrected chi connectivity index (χ0v) is 9.33. The fraction of sp³-hybridized carbons (Fsp3) is 0.143. The first-order valence-electron chi connectivity index (χ1n) is 3.09. The van der Waals surface area contributed by atoms with Gasteiger partial charge in [-0.2, -0.15) is 0 Å². The molecule has 1 rings (SSSR count). The Kier molecular flexibility index (Phi) is 3.29. The summed E-state index contributed by atoms with van der Waals surface area (Å²) in [4.78, 5) is 0.350. The maximum atomic E-state index is 10.7. The van der Waals surface area contributed by atoms with E-state index in [4.69, 9.17) is 16.2 Å². The highest BCUT2D eigenvalue weighted by atomic mass is 79.9. The van der Waals surface area contributed by atoms with Gasteiger partial charge in [0.1, 0.15) is 0 Å². The van der Waals surface area contributed by atoms with Gasteiger partial charge in [-0.1, -0.05) is 11.6 Å². The molecule has 0 aliphatic rings. The van der Waals surface area contributed by atoms with E-state index in [0.717, 1.165) is 10.0 Å². The van der Waals surface area contributed by atoms with Gasteiger partial charge in [-0.25, -0.2) is 4.21 Å². The molecular formula is C7H6BrClO2S. The lowest BCUT2D eigenvalue weighted by Gasteiger charge is -2.02. The average molecular weight is 270 g/mol. The maximum absolute atomic E-state index is 10.7. The molecule has 0 radical (unpaired) electrons. The van der Waals surface area contributed by atoms with Crippen LogP contribution >= 0.6 is 27.5 Å². The summed E-state index contributed by atoms with van der Waals surface area (Å²) in [5.74, 6) is 0. The fourth-order valence-electron chi connectivity index (χ4n) is 0.816. The second kappa shape index (κ2) is 3.87. The fourth-order valence-corrected chi connectivity index (χ4v) is 2.06. The lowest BCUT2D eigenvalue weighted by molar-refractivity contribution is 0.564. The summed E-state index contributed by atoms with van der Waals surface area (Å²) < 4.78 is 20.3. The first-order chi connectivity index (χ1) is 5.52. The minimum atomic E-state index is -1.96. The Balaban J connectivity index is 3.33. The number of hydrogen-bond donors (Lipinski definition) is 1. The smallest absolute Gasteiger partial charge is 0.186 e. The van der Waals surface area contributed by atoms with Gasteiger partial charge in [0.15, 0.2) is 11.1 Å². The van der Waals surface area contributed by atoms with Crippen LogP contribution < -0.4 is 0 Å². The Morgan fingerprint density at radius 1 is 1.58 bits per heavy atom. The third-order valence-electron chi connectivity index (χ3n) is 1.41. The second-order valence-corrected chi connectivity index (χ2v) is 4.48. The number of hydrogen-bond acceptors (Lipinski definition) is 1. The van der Waals surface area contributed by atoms with Crippen molar-refractivity contribution in [3.63, 3.8) is 0 Å². The summed E-state index contributed by atoms with van der Waals surface area (Å²) >= 11 is 6.99. The maximum Gasteiger partial charge on any atom is 0.186 e. The van der Waals surface area contributed by atoms with E-state index < -0.39 is 11.1 Å². The largest absolute Gasteiger partial charge is 0.302 e. The van der Waals surface area contributed by atoms with E-state index in [1.807, 2.05) is 0 Å². The van der Waals surface area contributed by atoms with Gasteiger partial charge in [0, 0.05) is 4.47 Å². The molecule has 5 heteroatoms. The highest BCUT2D eigenvalue weighted by Crippen LogP contribution is 2.27. The van der Waals surface area contributed by atoms with Crippen LogP contribution in [0, 0.1) is 6.92 Å². The molecule has 1 aromatic carbocycles. The van der Waals surface area contributed by atoms with Crippen molar-refractivity contribution in [1.29, 1.82) is 0 Å². The molecule has 0 saturated carbocycles. The van der Waals surface area contributed by atoms with Crippen LogP contribution in [0.3, 0.4) is 0 Å². The molecular weight excluding hydrogens is 263 g/mol. The lowest BCUT2D eigenvalue weighted by atomic mass is 10.2. The van der Waals surface area contributed by atoms with E-state index in [9.17, 15) is 4.21 Å². The van der Waals surface area contributed by atoms with Crippen LogP contribution in [0.4, 0.5) is 0 Å². The highest BCUT2D eigenvalue weighted by Gasteiger charge is 2.07. The van der Waals surface area contributed by atoms with E-state index in [0.29, 0.717) is 9.92 Å². The van der Waals surface area contributed by atoms with Crippen LogP contribution in [0.25, 0.3) is 0 Å². The Morgan fingerprint density at radius 2 is 2.17 bits per heavy atom. The third kappa shape index (κ3) is 2.07. The Hall–Kier alpha value is 0.1000. The predicted molar refractivity (Wildman–Crippen MR) is 52.9 cm³/mol. The van der Waals surface area contributed by atoms with E-state index in [2.05, 4.69) is 15.9 Å². The van der Waals surface area contributed by atoms with Crippen molar-refractivity contribution >= 4 is 38.6 Å². The van der Waals surface area contributed by atoms with Crippen molar-refractivity contribution in [2.24, 2.45) is 0 Å². The summed E-state index contributed by atoms with van der Waals surface area (Å²) in [6.07, 6.45) is 0. The molecule has 0 saturated heterocycles. The summed E-state index contributed by atoms with van der Waals surface area (Å²) in [5, 5.41) is 0.443. The predicted octanol–water partition coefficient (Wildman–Crippen LogP) is 2.99. The highest BCUT2D eigenvalue weighted by molar-refractivity contribution is 9.10. The number of benzene rings is 1. The van der Waals surface area contributed by atoms with Gasteiger partial charge in [-0.05, 0) is 40.5 Å². The molecule has 0 bridgehead atoms. The van der Waals surface area contributed by atoms with E-state index in [1.54, 1.807) is 13.0 Å². The van der Waals surface area contributed by atoms with Crippen molar-refractivity contribution in [1.82, 2.24) is 0 Å². The standard InChI is InChI=1S/C7H6BrClO2S/c1-4-2-5(8)6(9)3-7(4)12(10)11/h2-3H,1H3,(H,10,11). The van der Waals surface area contributed by atoms with Gasteiger partial charge in [0.25, 0.3) is 0 Å². The van der Waals surface area contributed by atoms with Crippen LogP contribution in [-0.2, 0) is 11.1 Å². The zero-order valence-electron chi connectivity index (χ0n) is 6.17. The van der Waals surface area contributed by atoms with Gasteiger partial charge >= 0.3 is 0 Å². The quantitative estimate of drug-likeness (QED) is 0.796. The Labute approximate surface area is 86.3 Å². The van der Waals surface area contributed by atoms with E-state index in [1.165, 1.54) is 6.07 Å². The summed E-state index contributed by atoms with van der Waals surface area (Å²) in [5.41, 5.74) is 0.743. The number of halogens is 2. The van der Waals surface area contributed by atoms with Crippen molar-refractivity contribution in [3.05, 3.63) is 27.2 Å². The molecule has 1 aromatic rings. The molecule has 1 atom stereocenters. The molecule has 0 aliphatic heterocycles. The third-order valence-corrected chi connectivity index (χ3v) is 3.42. The number of aryl methyl sites for hydroxylation is 1. The second-order valence-electron chi connectivity index (χ2n) is 2.28. The van der Waals surface area contributed by atoms with Gasteiger partial charge < -0.3 is 4.55 Å². The molecule has 0 fully saturated rings. The first kappa shape index (κ1) is 10.2. The average Bonchev–Trinajstić information content (AvgIpc) is 1.96. The summed E-state index contributed by atoms with van der Waals surface area (Å²) in [7, 11) is 0. The van der Waals surface area contributed by atoms with Crippen molar-refractivity contribution < 1.29 is 8.76 Å². The van der Waals surface area contributed by atoms with E-state index in [-0.39, 0.29) is 0 Å². The molecule has 0 aromatic heterocycles. The minimum absolute atomic E-state index is 0.350. The van der Waals surface area contributed by atoms with Crippen LogP contribution in [0.5, 0.6) is 0 Å². The summed E-state index contributed by atoms with van der Waals surface area (Å²) in [6.45, 7) is 1.75. The molecule has 0 aliphatic carbocycles. The Bertz CT molecular complexity index is 340. The molecule has 0 amide bonds. The topological polar surface area (TPSA) is 37.3 Å². The SMILES string of the molecule is Cc1cc(Br)c(Cl)cc1S(=O)O. The van der Waals surface area contributed by atoms with Crippen LogP contribution in [0.2, 0.25) is 5.02 Å². The van der Waals surface area contributed by atoms with Gasteiger partial charge in [-0.15, -0.1) is 0 Å². The molecule has 1 N–H and O–H groups in total. The molecule has 66 valence electrons. The number of rotatable bonds is 1. The molecule has 0 spiro atoms. The monoisotopic (exact) mass is 268 g/mol. The molecule has 1 unspecified atom stereocenters. The Morgan fingerprint density at radius 3 is 2.67 bits per heavy atom. The minimum Gasteiger partial charge on any atom is -0.302 e. The van der Waals surface area contributed by atoms with Gasteiger partial charge in [0.2, 0.25) is 0 Å². The van der Waals surface area contributed by atoms with Gasteiger partial charge in [0.05, 0.1) is 9.92 Å². The van der Waals surface area contributed by atoms with Crippen LogP contribution in [-0.4, -0.2) is 8.76 Å². The molecule has 0 heterocycles. The van der Waals surface area contributed by atoms with Gasteiger partial charge in [-0.3, -0.25) is 0 Å². The molecule has 12 heavy (non-hydrogen) atoms. The lowest BCUT2D eigenvalue weighted by Crippen LogP contribution is -1.92. The molecule has 2 nitrogen and oxygen atoms in total. The van der Waals surface area contributed by atoms with Crippen molar-refractivity contribution in [2.75, 3.05) is 0 Å². The summed E-state index contributed by atoms with van der Waals surface area (Å²) in [6, 6.07) is 3.20. The van der Waals surface area contributed by atoms with Crippen molar-refractivity contribution in [2.45, 2.75) is 11.8 Å². The van der Waals surface area contributed by atoms with Crippen LogP contribution in [0.1, 0.15) is 5.56 Å². The zero-order chi connectivity index (χ0) is 9.30. The first-order valence-corrected chi connectivity index (χ1v) is 5.36.